The Bertz CT molecular complexity index is 536. The molecule has 1 aromatic carbocycles. The Labute approximate surface area is 112 Å². The van der Waals surface area contributed by atoms with Gasteiger partial charge in [-0.05, 0) is 43.7 Å². The van der Waals surface area contributed by atoms with Gasteiger partial charge in [-0.25, -0.2) is 0 Å². The molecule has 0 saturated heterocycles. The maximum Gasteiger partial charge on any atom is 0.253 e. The van der Waals surface area contributed by atoms with Gasteiger partial charge in [0.2, 0.25) is 0 Å². The molecule has 0 aliphatic heterocycles. The van der Waals surface area contributed by atoms with E-state index in [0.29, 0.717) is 11.3 Å². The summed E-state index contributed by atoms with van der Waals surface area (Å²) in [6, 6.07) is 8.80. The molecule has 0 spiro atoms. The van der Waals surface area contributed by atoms with Crippen molar-refractivity contribution in [2.45, 2.75) is 32.6 Å². The molecule has 1 aliphatic carbocycles. The number of nitrogens with zero attached hydrogens (tertiary/aromatic N) is 1. The molecule has 4 heteroatoms. The molecule has 0 unspecified atom stereocenters. The van der Waals surface area contributed by atoms with E-state index in [2.05, 4.69) is 33.9 Å². The van der Waals surface area contributed by atoms with Crippen molar-refractivity contribution in [3.05, 3.63) is 52.9 Å². The second kappa shape index (κ2) is 6.18. The van der Waals surface area contributed by atoms with Crippen molar-refractivity contribution in [1.29, 1.82) is 0 Å². The molecular weight excluding hydrogens is 240 g/mol. The normalized spacial score (nSPS) is 13.1. The standard InChI is InChI=1S/C10H12.C5H6N2O2/c1-2-6-10-8-4-3-7-9(10)5-1;1-3-4(5(6)8)2-9-7-3/h1-2,5-6H,3-4,7-8H2;2H,1H3,(H2,6,8). The van der Waals surface area contributed by atoms with E-state index in [1.165, 1.54) is 31.9 Å². The van der Waals surface area contributed by atoms with Crippen LogP contribution in [0.25, 0.3) is 0 Å². The SMILES string of the molecule is Cc1nocc1C(N)=O.c1ccc2c(c1)CCCC2. The number of aryl methyl sites for hydroxylation is 3. The van der Waals surface area contributed by atoms with Crippen LogP contribution >= 0.6 is 0 Å². The maximum atomic E-state index is 10.4. The van der Waals surface area contributed by atoms with Gasteiger partial charge in [-0.1, -0.05) is 29.4 Å². The number of fused-ring (bicyclic) bond motifs is 1. The van der Waals surface area contributed by atoms with Crippen LogP contribution in [-0.4, -0.2) is 11.1 Å². The molecule has 0 fully saturated rings. The number of hydrogen-bond donors (Lipinski definition) is 1. The van der Waals surface area contributed by atoms with E-state index in [1.54, 1.807) is 18.1 Å². The average molecular weight is 258 g/mol. The fraction of sp³-hybridized carbons (Fsp3) is 0.333. The van der Waals surface area contributed by atoms with Crippen LogP contribution in [0.1, 0.15) is 40.0 Å². The molecule has 0 atom stereocenters. The summed E-state index contributed by atoms with van der Waals surface area (Å²) in [6.07, 6.45) is 6.61. The van der Waals surface area contributed by atoms with Crippen LogP contribution < -0.4 is 5.73 Å². The summed E-state index contributed by atoms with van der Waals surface area (Å²) in [4.78, 5) is 10.4. The molecule has 1 heterocycles. The lowest BCUT2D eigenvalue weighted by Crippen LogP contribution is -2.10. The molecule has 4 nitrogen and oxygen atoms in total. The van der Waals surface area contributed by atoms with Crippen molar-refractivity contribution in [3.63, 3.8) is 0 Å². The third-order valence-electron chi connectivity index (χ3n) is 3.28. The Balaban J connectivity index is 0.000000141. The van der Waals surface area contributed by atoms with E-state index >= 15 is 0 Å². The third kappa shape index (κ3) is 3.44. The molecule has 100 valence electrons. The number of hydrogen-bond acceptors (Lipinski definition) is 3. The summed E-state index contributed by atoms with van der Waals surface area (Å²) < 4.78 is 4.46. The lowest BCUT2D eigenvalue weighted by Gasteiger charge is -2.13. The molecule has 2 aromatic rings. The number of benzene rings is 1. The first-order valence-electron chi connectivity index (χ1n) is 6.46. The van der Waals surface area contributed by atoms with Gasteiger partial charge in [0.05, 0.1) is 5.69 Å². The molecule has 2 N–H and O–H groups in total. The van der Waals surface area contributed by atoms with Crippen LogP contribution in [-0.2, 0) is 12.8 Å². The Kier molecular flexibility index (Phi) is 4.34. The van der Waals surface area contributed by atoms with E-state index in [0.717, 1.165) is 0 Å². The molecular formula is C15H18N2O2. The zero-order valence-electron chi connectivity index (χ0n) is 11.1. The number of primary amides is 1. The van der Waals surface area contributed by atoms with Crippen molar-refractivity contribution in [2.75, 3.05) is 0 Å². The molecule has 0 saturated carbocycles. The largest absolute Gasteiger partial charge is 0.365 e. The summed E-state index contributed by atoms with van der Waals surface area (Å²) in [5, 5.41) is 3.46. The highest BCUT2D eigenvalue weighted by molar-refractivity contribution is 5.93. The van der Waals surface area contributed by atoms with Crippen LogP contribution in [0.5, 0.6) is 0 Å². The minimum absolute atomic E-state index is 0.343. The van der Waals surface area contributed by atoms with E-state index in [-0.39, 0.29) is 0 Å². The highest BCUT2D eigenvalue weighted by Gasteiger charge is 2.07. The van der Waals surface area contributed by atoms with Crippen molar-refractivity contribution >= 4 is 5.91 Å². The van der Waals surface area contributed by atoms with E-state index < -0.39 is 5.91 Å². The van der Waals surface area contributed by atoms with Gasteiger partial charge in [0, 0.05) is 0 Å². The van der Waals surface area contributed by atoms with E-state index in [1.807, 2.05) is 0 Å². The monoisotopic (exact) mass is 258 g/mol. The molecule has 0 radical (unpaired) electrons. The average Bonchev–Trinajstić information content (AvgIpc) is 2.86. The minimum Gasteiger partial charge on any atom is -0.365 e. The summed E-state index contributed by atoms with van der Waals surface area (Å²) in [7, 11) is 0. The predicted octanol–water partition coefficient (Wildman–Crippen LogP) is 2.65. The van der Waals surface area contributed by atoms with Crippen molar-refractivity contribution in [2.24, 2.45) is 5.73 Å². The summed E-state index contributed by atoms with van der Waals surface area (Å²) in [5.41, 5.74) is 8.95. The number of aromatic nitrogens is 1. The van der Waals surface area contributed by atoms with Crippen molar-refractivity contribution in [3.8, 4) is 0 Å². The van der Waals surface area contributed by atoms with Gasteiger partial charge in [-0.15, -0.1) is 0 Å². The predicted molar refractivity (Wildman–Crippen MR) is 72.8 cm³/mol. The number of rotatable bonds is 1. The number of carbonyl (C=O) groups is 1. The van der Waals surface area contributed by atoms with E-state index in [9.17, 15) is 4.79 Å². The fourth-order valence-electron chi connectivity index (χ4n) is 2.21. The number of nitrogens with two attached hydrogens (primary N) is 1. The summed E-state index contributed by atoms with van der Waals surface area (Å²) in [6.45, 7) is 1.66. The maximum absolute atomic E-state index is 10.4. The van der Waals surface area contributed by atoms with Crippen LogP contribution in [0.3, 0.4) is 0 Å². The second-order valence-corrected chi connectivity index (χ2v) is 4.65. The van der Waals surface area contributed by atoms with Gasteiger partial charge >= 0.3 is 0 Å². The first-order chi connectivity index (χ1) is 9.18. The Morgan fingerprint density at radius 3 is 2.16 bits per heavy atom. The van der Waals surface area contributed by atoms with Gasteiger partial charge in [0.25, 0.3) is 5.91 Å². The van der Waals surface area contributed by atoms with Gasteiger partial charge in [-0.3, -0.25) is 4.79 Å². The van der Waals surface area contributed by atoms with Gasteiger partial charge in [0.15, 0.2) is 0 Å². The Morgan fingerprint density at radius 2 is 1.79 bits per heavy atom. The molecule has 0 bridgehead atoms. The molecule has 19 heavy (non-hydrogen) atoms. The van der Waals surface area contributed by atoms with Gasteiger partial charge < -0.3 is 10.3 Å². The topological polar surface area (TPSA) is 69.1 Å². The van der Waals surface area contributed by atoms with Crippen LogP contribution in [0.4, 0.5) is 0 Å². The molecule has 1 aromatic heterocycles. The molecule has 3 rings (SSSR count). The zero-order chi connectivity index (χ0) is 13.7. The van der Waals surface area contributed by atoms with Gasteiger partial charge in [0.1, 0.15) is 11.8 Å². The zero-order valence-corrected chi connectivity index (χ0v) is 11.1. The highest BCUT2D eigenvalue weighted by atomic mass is 16.5. The number of carbonyl (C=O) groups excluding carboxylic acids is 1. The second-order valence-electron chi connectivity index (χ2n) is 4.65. The van der Waals surface area contributed by atoms with Crippen LogP contribution in [0.2, 0.25) is 0 Å². The fourth-order valence-corrected chi connectivity index (χ4v) is 2.21. The quantitative estimate of drug-likeness (QED) is 0.854. The lowest BCUT2D eigenvalue weighted by atomic mass is 9.92. The summed E-state index contributed by atoms with van der Waals surface area (Å²) >= 11 is 0. The Hall–Kier alpha value is -2.10. The van der Waals surface area contributed by atoms with E-state index in [4.69, 9.17) is 5.73 Å². The van der Waals surface area contributed by atoms with Crippen molar-refractivity contribution in [1.82, 2.24) is 5.16 Å². The van der Waals surface area contributed by atoms with Crippen LogP contribution in [0, 0.1) is 6.92 Å². The Morgan fingerprint density at radius 1 is 1.21 bits per heavy atom. The van der Waals surface area contributed by atoms with Gasteiger partial charge in [-0.2, -0.15) is 0 Å². The molecule has 1 amide bonds. The molecule has 1 aliphatic rings. The van der Waals surface area contributed by atoms with Crippen LogP contribution in [0.15, 0.2) is 35.1 Å². The summed E-state index contributed by atoms with van der Waals surface area (Å²) in [5.74, 6) is -0.506. The number of amides is 1. The first-order valence-corrected chi connectivity index (χ1v) is 6.46. The third-order valence-corrected chi connectivity index (χ3v) is 3.28. The lowest BCUT2D eigenvalue weighted by molar-refractivity contribution is 0.0999. The smallest absolute Gasteiger partial charge is 0.253 e. The highest BCUT2D eigenvalue weighted by Crippen LogP contribution is 2.19. The first kappa shape index (κ1) is 13.3. The minimum atomic E-state index is -0.506. The van der Waals surface area contributed by atoms with Crippen molar-refractivity contribution < 1.29 is 9.32 Å².